The van der Waals surface area contributed by atoms with Crippen LogP contribution >= 0.6 is 11.3 Å². The third-order valence-electron chi connectivity index (χ3n) is 3.43. The van der Waals surface area contributed by atoms with E-state index in [1.165, 1.54) is 18.2 Å². The third-order valence-corrected chi connectivity index (χ3v) is 4.61. The summed E-state index contributed by atoms with van der Waals surface area (Å²) in [5.41, 5.74) is 0.0888. The van der Waals surface area contributed by atoms with Gasteiger partial charge in [-0.2, -0.15) is 0 Å². The minimum Gasteiger partial charge on any atom is -0.306 e. The maximum atomic E-state index is 14.1. The van der Waals surface area contributed by atoms with Crippen LogP contribution in [0, 0.1) is 11.6 Å². The Morgan fingerprint density at radius 3 is 2.43 bits per heavy atom. The van der Waals surface area contributed by atoms with Gasteiger partial charge in [0.05, 0.1) is 6.04 Å². The molecule has 4 heteroatoms. The fourth-order valence-electron chi connectivity index (χ4n) is 2.48. The summed E-state index contributed by atoms with van der Waals surface area (Å²) in [7, 11) is 0. The molecule has 1 aromatic heterocycles. The Kier molecular flexibility index (Phi) is 3.99. The van der Waals surface area contributed by atoms with Crippen molar-refractivity contribution in [1.29, 1.82) is 0 Å². The van der Waals surface area contributed by atoms with Gasteiger partial charge in [-0.05, 0) is 36.2 Å². The van der Waals surface area contributed by atoms with Crippen molar-refractivity contribution in [2.75, 3.05) is 6.54 Å². The Morgan fingerprint density at radius 2 is 1.76 bits per heavy atom. The Labute approximate surface area is 126 Å². The number of benzene rings is 2. The molecule has 0 spiro atoms. The van der Waals surface area contributed by atoms with Crippen LogP contribution in [-0.4, -0.2) is 6.54 Å². The lowest BCUT2D eigenvalue weighted by Gasteiger charge is -2.18. The first-order chi connectivity index (χ1) is 10.2. The molecular formula is C17H15F2NS. The predicted molar refractivity (Wildman–Crippen MR) is 83.7 cm³/mol. The second-order valence-corrected chi connectivity index (χ2v) is 5.93. The number of halogens is 2. The highest BCUT2D eigenvalue weighted by Gasteiger charge is 2.22. The monoisotopic (exact) mass is 303 g/mol. The summed E-state index contributed by atoms with van der Waals surface area (Å²) in [6, 6.07) is 13.5. The van der Waals surface area contributed by atoms with E-state index in [9.17, 15) is 8.78 Å². The lowest BCUT2D eigenvalue weighted by Crippen LogP contribution is -2.23. The molecule has 0 radical (unpaired) electrons. The second kappa shape index (κ2) is 5.92. The maximum absolute atomic E-state index is 14.1. The molecule has 0 aliphatic heterocycles. The smallest absolute Gasteiger partial charge is 0.131 e. The fraction of sp³-hybridized carbons (Fsp3) is 0.176. The molecule has 1 heterocycles. The summed E-state index contributed by atoms with van der Waals surface area (Å²) in [6.45, 7) is 2.56. The van der Waals surface area contributed by atoms with Crippen LogP contribution in [-0.2, 0) is 0 Å². The highest BCUT2D eigenvalue weighted by molar-refractivity contribution is 7.19. The molecule has 1 N–H and O–H groups in total. The maximum Gasteiger partial charge on any atom is 0.131 e. The first kappa shape index (κ1) is 14.2. The zero-order valence-corrected chi connectivity index (χ0v) is 12.4. The van der Waals surface area contributed by atoms with Crippen LogP contribution in [0.2, 0.25) is 0 Å². The lowest BCUT2D eigenvalue weighted by molar-refractivity contribution is 0.513. The van der Waals surface area contributed by atoms with Gasteiger partial charge in [0.1, 0.15) is 11.6 Å². The molecule has 0 saturated carbocycles. The molecule has 0 fully saturated rings. The first-order valence-corrected chi connectivity index (χ1v) is 7.68. The third kappa shape index (κ3) is 2.69. The predicted octanol–water partition coefficient (Wildman–Crippen LogP) is 4.88. The lowest BCUT2D eigenvalue weighted by atomic mass is 10.0. The molecule has 0 aliphatic rings. The van der Waals surface area contributed by atoms with Gasteiger partial charge < -0.3 is 5.32 Å². The number of hydrogen-bond donors (Lipinski definition) is 1. The van der Waals surface area contributed by atoms with Gasteiger partial charge in [0.2, 0.25) is 0 Å². The molecule has 1 atom stereocenters. The largest absolute Gasteiger partial charge is 0.306 e. The molecule has 1 unspecified atom stereocenters. The normalized spacial score (nSPS) is 12.7. The Morgan fingerprint density at radius 1 is 1.05 bits per heavy atom. The molecular weight excluding hydrogens is 288 g/mol. The molecule has 0 saturated heterocycles. The topological polar surface area (TPSA) is 12.0 Å². The van der Waals surface area contributed by atoms with Crippen LogP contribution in [0.5, 0.6) is 0 Å². The van der Waals surface area contributed by atoms with Crippen molar-refractivity contribution < 1.29 is 8.78 Å². The SMILES string of the molecule is CCNC(c1cc2ccccc2s1)c1c(F)cccc1F. The number of nitrogens with one attached hydrogen (secondary N) is 1. The van der Waals surface area contributed by atoms with E-state index in [1.807, 2.05) is 37.3 Å². The molecule has 108 valence electrons. The molecule has 2 aromatic carbocycles. The van der Waals surface area contributed by atoms with Gasteiger partial charge in [-0.1, -0.05) is 31.2 Å². The Balaban J connectivity index is 2.13. The fourth-order valence-corrected chi connectivity index (χ4v) is 3.63. The highest BCUT2D eigenvalue weighted by atomic mass is 32.1. The van der Waals surface area contributed by atoms with E-state index >= 15 is 0 Å². The van der Waals surface area contributed by atoms with Gasteiger partial charge in [-0.25, -0.2) is 8.78 Å². The highest BCUT2D eigenvalue weighted by Crippen LogP contribution is 2.35. The van der Waals surface area contributed by atoms with Crippen LogP contribution < -0.4 is 5.32 Å². The quantitative estimate of drug-likeness (QED) is 0.724. The summed E-state index contributed by atoms with van der Waals surface area (Å²) in [6.07, 6.45) is 0. The van der Waals surface area contributed by atoms with Gasteiger partial charge in [0.15, 0.2) is 0 Å². The molecule has 1 nitrogen and oxygen atoms in total. The standard InChI is InChI=1S/C17H15F2NS/c1-2-20-17(16-12(18)7-5-8-13(16)19)15-10-11-6-3-4-9-14(11)21-15/h3-10,17,20H,2H2,1H3. The van der Waals surface area contributed by atoms with Gasteiger partial charge >= 0.3 is 0 Å². The van der Waals surface area contributed by atoms with Crippen molar-refractivity contribution in [2.45, 2.75) is 13.0 Å². The van der Waals surface area contributed by atoms with Gasteiger partial charge in [0, 0.05) is 15.1 Å². The van der Waals surface area contributed by atoms with E-state index in [1.54, 1.807) is 11.3 Å². The van der Waals surface area contributed by atoms with Crippen molar-refractivity contribution in [1.82, 2.24) is 5.32 Å². The number of rotatable bonds is 4. The summed E-state index contributed by atoms with van der Waals surface area (Å²) >= 11 is 1.56. The van der Waals surface area contributed by atoms with E-state index in [0.717, 1.165) is 15.0 Å². The van der Waals surface area contributed by atoms with Crippen LogP contribution in [0.15, 0.2) is 48.5 Å². The number of fused-ring (bicyclic) bond motifs is 1. The average Bonchev–Trinajstić information content (AvgIpc) is 2.89. The molecule has 3 aromatic rings. The van der Waals surface area contributed by atoms with Crippen LogP contribution in [0.4, 0.5) is 8.78 Å². The second-order valence-electron chi connectivity index (χ2n) is 4.81. The van der Waals surface area contributed by atoms with E-state index in [4.69, 9.17) is 0 Å². The zero-order valence-electron chi connectivity index (χ0n) is 11.6. The van der Waals surface area contributed by atoms with Crippen molar-refractivity contribution in [3.63, 3.8) is 0 Å². The summed E-state index contributed by atoms with van der Waals surface area (Å²) in [5, 5.41) is 4.28. The van der Waals surface area contributed by atoms with Crippen molar-refractivity contribution >= 4 is 21.4 Å². The number of hydrogen-bond acceptors (Lipinski definition) is 2. The molecule has 0 bridgehead atoms. The van der Waals surface area contributed by atoms with E-state index in [0.29, 0.717) is 6.54 Å². The van der Waals surface area contributed by atoms with Crippen molar-refractivity contribution in [3.8, 4) is 0 Å². The Bertz CT molecular complexity index is 713. The van der Waals surface area contributed by atoms with E-state index in [2.05, 4.69) is 5.32 Å². The first-order valence-electron chi connectivity index (χ1n) is 6.86. The van der Waals surface area contributed by atoms with Gasteiger partial charge in [0.25, 0.3) is 0 Å². The van der Waals surface area contributed by atoms with Crippen molar-refractivity contribution in [3.05, 3.63) is 70.6 Å². The minimum atomic E-state index is -0.515. The van der Waals surface area contributed by atoms with Crippen LogP contribution in [0.1, 0.15) is 23.4 Å². The van der Waals surface area contributed by atoms with Gasteiger partial charge in [-0.3, -0.25) is 0 Å². The molecule has 21 heavy (non-hydrogen) atoms. The van der Waals surface area contributed by atoms with Crippen molar-refractivity contribution in [2.24, 2.45) is 0 Å². The Hall–Kier alpha value is -1.78. The summed E-state index contributed by atoms with van der Waals surface area (Å²) < 4.78 is 29.3. The van der Waals surface area contributed by atoms with Crippen LogP contribution in [0.25, 0.3) is 10.1 Å². The summed E-state index contributed by atoms with van der Waals surface area (Å²) in [5.74, 6) is -1.03. The van der Waals surface area contributed by atoms with Gasteiger partial charge in [-0.15, -0.1) is 11.3 Å². The molecule has 0 amide bonds. The van der Waals surface area contributed by atoms with Crippen LogP contribution in [0.3, 0.4) is 0 Å². The number of thiophene rings is 1. The minimum absolute atomic E-state index is 0.0888. The summed E-state index contributed by atoms with van der Waals surface area (Å²) in [4.78, 5) is 0.919. The molecule has 0 aliphatic carbocycles. The van der Waals surface area contributed by atoms with E-state index in [-0.39, 0.29) is 5.56 Å². The molecule has 3 rings (SSSR count). The zero-order chi connectivity index (χ0) is 14.8. The van der Waals surface area contributed by atoms with E-state index < -0.39 is 17.7 Å². The average molecular weight is 303 g/mol.